The van der Waals surface area contributed by atoms with Crippen LogP contribution in [-0.2, 0) is 12.8 Å². The number of hydrogen-bond acceptors (Lipinski definition) is 0. The SMILES string of the molecule is CCc1ccccc1C(Br)Cc1cccc(Cl)c1. The lowest BCUT2D eigenvalue weighted by Crippen LogP contribution is -1.99. The van der Waals surface area contributed by atoms with Crippen molar-refractivity contribution in [3.8, 4) is 0 Å². The second-order valence-corrected chi connectivity index (χ2v) is 5.90. The van der Waals surface area contributed by atoms with Gasteiger partial charge in [-0.15, -0.1) is 0 Å². The van der Waals surface area contributed by atoms with Gasteiger partial charge in [-0.2, -0.15) is 0 Å². The number of aryl methyl sites for hydroxylation is 1. The van der Waals surface area contributed by atoms with E-state index in [1.807, 2.05) is 18.2 Å². The van der Waals surface area contributed by atoms with E-state index in [-0.39, 0.29) is 0 Å². The first-order chi connectivity index (χ1) is 8.70. The Morgan fingerprint density at radius 2 is 1.89 bits per heavy atom. The maximum Gasteiger partial charge on any atom is 0.0438 e. The number of benzene rings is 2. The summed E-state index contributed by atoms with van der Waals surface area (Å²) in [7, 11) is 0. The number of alkyl halides is 1. The molecule has 0 nitrogen and oxygen atoms in total. The van der Waals surface area contributed by atoms with Crippen LogP contribution in [0.2, 0.25) is 5.02 Å². The second kappa shape index (κ2) is 6.40. The fourth-order valence-electron chi connectivity index (χ4n) is 2.14. The molecule has 0 amide bonds. The molecule has 1 unspecified atom stereocenters. The summed E-state index contributed by atoms with van der Waals surface area (Å²) >= 11 is 9.81. The molecule has 2 aromatic carbocycles. The summed E-state index contributed by atoms with van der Waals surface area (Å²) in [6.45, 7) is 2.19. The largest absolute Gasteiger partial charge is 0.0843 e. The van der Waals surface area contributed by atoms with Gasteiger partial charge in [0.2, 0.25) is 0 Å². The molecule has 0 saturated carbocycles. The van der Waals surface area contributed by atoms with Crippen LogP contribution in [0.4, 0.5) is 0 Å². The number of rotatable bonds is 4. The molecule has 0 spiro atoms. The average molecular weight is 324 g/mol. The molecule has 2 rings (SSSR count). The van der Waals surface area contributed by atoms with E-state index < -0.39 is 0 Å². The third-order valence-corrected chi connectivity index (χ3v) is 4.13. The maximum atomic E-state index is 6.02. The molecule has 0 fully saturated rings. The highest BCUT2D eigenvalue weighted by atomic mass is 79.9. The smallest absolute Gasteiger partial charge is 0.0438 e. The van der Waals surface area contributed by atoms with Gasteiger partial charge in [0.1, 0.15) is 0 Å². The van der Waals surface area contributed by atoms with E-state index in [1.54, 1.807) is 0 Å². The van der Waals surface area contributed by atoms with Crippen LogP contribution < -0.4 is 0 Å². The zero-order valence-corrected chi connectivity index (χ0v) is 12.7. The van der Waals surface area contributed by atoms with Crippen LogP contribution in [0.1, 0.15) is 28.4 Å². The zero-order chi connectivity index (χ0) is 13.0. The van der Waals surface area contributed by atoms with Crippen molar-refractivity contribution in [1.29, 1.82) is 0 Å². The van der Waals surface area contributed by atoms with E-state index >= 15 is 0 Å². The van der Waals surface area contributed by atoms with E-state index in [9.17, 15) is 0 Å². The molecule has 0 heterocycles. The van der Waals surface area contributed by atoms with E-state index in [0.29, 0.717) is 4.83 Å². The van der Waals surface area contributed by atoms with Crippen LogP contribution in [0.15, 0.2) is 48.5 Å². The Morgan fingerprint density at radius 3 is 2.61 bits per heavy atom. The molecule has 18 heavy (non-hydrogen) atoms. The summed E-state index contributed by atoms with van der Waals surface area (Å²) in [6, 6.07) is 16.7. The predicted molar refractivity (Wildman–Crippen MR) is 82.6 cm³/mol. The van der Waals surface area contributed by atoms with Gasteiger partial charge >= 0.3 is 0 Å². The standard InChI is InChI=1S/C16H16BrCl/c1-2-13-7-3-4-9-15(13)16(17)11-12-6-5-8-14(18)10-12/h3-10,16H,2,11H2,1H3. The van der Waals surface area contributed by atoms with Crippen LogP contribution in [0.5, 0.6) is 0 Å². The summed E-state index contributed by atoms with van der Waals surface area (Å²) < 4.78 is 0. The first-order valence-electron chi connectivity index (χ1n) is 6.17. The third-order valence-electron chi connectivity index (χ3n) is 3.08. The summed E-state index contributed by atoms with van der Waals surface area (Å²) in [5.41, 5.74) is 4.04. The fraction of sp³-hybridized carbons (Fsp3) is 0.250. The van der Waals surface area contributed by atoms with E-state index in [2.05, 4.69) is 53.2 Å². The first kappa shape index (κ1) is 13.6. The number of halogens is 2. The summed E-state index contributed by atoms with van der Waals surface area (Å²) in [5.74, 6) is 0. The van der Waals surface area contributed by atoms with Crippen molar-refractivity contribution in [2.75, 3.05) is 0 Å². The molecule has 0 radical (unpaired) electrons. The predicted octanol–water partition coefficient (Wildman–Crippen LogP) is 5.58. The van der Waals surface area contributed by atoms with Crippen molar-refractivity contribution in [1.82, 2.24) is 0 Å². The molecular formula is C16H16BrCl. The normalized spacial score (nSPS) is 12.4. The molecular weight excluding hydrogens is 308 g/mol. The minimum atomic E-state index is 0.340. The fourth-order valence-corrected chi connectivity index (χ4v) is 3.18. The summed E-state index contributed by atoms with van der Waals surface area (Å²) in [6.07, 6.45) is 2.02. The van der Waals surface area contributed by atoms with Crippen molar-refractivity contribution < 1.29 is 0 Å². The molecule has 0 bridgehead atoms. The van der Waals surface area contributed by atoms with Gasteiger partial charge in [-0.3, -0.25) is 0 Å². The molecule has 2 heteroatoms. The quantitative estimate of drug-likeness (QED) is 0.644. The lowest BCUT2D eigenvalue weighted by Gasteiger charge is -2.14. The molecule has 0 saturated heterocycles. The van der Waals surface area contributed by atoms with Crippen LogP contribution in [-0.4, -0.2) is 0 Å². The van der Waals surface area contributed by atoms with Gasteiger partial charge in [0.15, 0.2) is 0 Å². The van der Waals surface area contributed by atoms with Crippen molar-refractivity contribution in [2.45, 2.75) is 24.6 Å². The Morgan fingerprint density at radius 1 is 1.11 bits per heavy atom. The van der Waals surface area contributed by atoms with Crippen LogP contribution in [0, 0.1) is 0 Å². The highest BCUT2D eigenvalue weighted by Gasteiger charge is 2.11. The van der Waals surface area contributed by atoms with Gasteiger partial charge in [-0.25, -0.2) is 0 Å². The Hall–Kier alpha value is -0.790. The Bertz CT molecular complexity index is 522. The second-order valence-electron chi connectivity index (χ2n) is 4.35. The van der Waals surface area contributed by atoms with E-state index in [4.69, 9.17) is 11.6 Å². The Balaban J connectivity index is 2.19. The maximum absolute atomic E-state index is 6.02. The van der Waals surface area contributed by atoms with E-state index in [0.717, 1.165) is 17.9 Å². The molecule has 0 N–H and O–H groups in total. The third kappa shape index (κ3) is 3.37. The van der Waals surface area contributed by atoms with Crippen molar-refractivity contribution in [3.63, 3.8) is 0 Å². The molecule has 0 aliphatic rings. The minimum absolute atomic E-state index is 0.340. The van der Waals surface area contributed by atoms with Gasteiger partial charge in [0.25, 0.3) is 0 Å². The summed E-state index contributed by atoms with van der Waals surface area (Å²) in [5, 5.41) is 0.802. The molecule has 0 aliphatic heterocycles. The lowest BCUT2D eigenvalue weighted by molar-refractivity contribution is 0.921. The van der Waals surface area contributed by atoms with Crippen LogP contribution >= 0.6 is 27.5 Å². The van der Waals surface area contributed by atoms with Gasteiger partial charge in [-0.05, 0) is 41.7 Å². The van der Waals surface area contributed by atoms with Crippen molar-refractivity contribution in [2.24, 2.45) is 0 Å². The molecule has 0 aromatic heterocycles. The number of hydrogen-bond donors (Lipinski definition) is 0. The lowest BCUT2D eigenvalue weighted by atomic mass is 9.98. The monoisotopic (exact) mass is 322 g/mol. The van der Waals surface area contributed by atoms with Crippen molar-refractivity contribution in [3.05, 3.63) is 70.2 Å². The van der Waals surface area contributed by atoms with Gasteiger partial charge < -0.3 is 0 Å². The average Bonchev–Trinajstić information content (AvgIpc) is 2.38. The molecule has 94 valence electrons. The van der Waals surface area contributed by atoms with Gasteiger partial charge in [-0.1, -0.05) is 70.9 Å². The molecule has 1 atom stereocenters. The zero-order valence-electron chi connectivity index (χ0n) is 10.4. The highest BCUT2D eigenvalue weighted by Crippen LogP contribution is 2.30. The molecule has 0 aliphatic carbocycles. The van der Waals surface area contributed by atoms with Gasteiger partial charge in [0.05, 0.1) is 0 Å². The summed E-state index contributed by atoms with van der Waals surface area (Å²) in [4.78, 5) is 0.340. The topological polar surface area (TPSA) is 0 Å². The Labute approximate surface area is 122 Å². The highest BCUT2D eigenvalue weighted by molar-refractivity contribution is 9.09. The minimum Gasteiger partial charge on any atom is -0.0843 e. The van der Waals surface area contributed by atoms with E-state index in [1.165, 1.54) is 16.7 Å². The first-order valence-corrected chi connectivity index (χ1v) is 7.46. The van der Waals surface area contributed by atoms with Crippen LogP contribution in [0.3, 0.4) is 0 Å². The molecule has 2 aromatic rings. The van der Waals surface area contributed by atoms with Gasteiger partial charge in [0, 0.05) is 9.85 Å². The van der Waals surface area contributed by atoms with Crippen LogP contribution in [0.25, 0.3) is 0 Å². The van der Waals surface area contributed by atoms with Crippen molar-refractivity contribution >= 4 is 27.5 Å². The Kier molecular flexibility index (Phi) is 4.85.